The van der Waals surface area contributed by atoms with E-state index in [9.17, 15) is 4.79 Å². The van der Waals surface area contributed by atoms with Crippen LogP contribution in [-0.2, 0) is 9.53 Å². The molecule has 1 heterocycles. The quantitative estimate of drug-likeness (QED) is 0.235. The number of carbonyl (C=O) groups is 1. The third-order valence-electron chi connectivity index (χ3n) is 2.92. The lowest BCUT2D eigenvalue weighted by Crippen LogP contribution is -2.37. The molecule has 90 valence electrons. The minimum absolute atomic E-state index is 0.0679. The SMILES string of the molecule is COC(=O)C1CCN(CCCN=[N+]=[N-])CC1. The molecule has 0 radical (unpaired) electrons. The van der Waals surface area contributed by atoms with Gasteiger partial charge in [-0.15, -0.1) is 0 Å². The molecule has 1 aliphatic rings. The lowest BCUT2D eigenvalue weighted by atomic mass is 9.97. The molecular formula is C10H18N4O2. The van der Waals surface area contributed by atoms with Gasteiger partial charge >= 0.3 is 5.97 Å². The summed E-state index contributed by atoms with van der Waals surface area (Å²) in [5, 5.41) is 3.49. The van der Waals surface area contributed by atoms with Crippen molar-refractivity contribution in [3.8, 4) is 0 Å². The van der Waals surface area contributed by atoms with Crippen molar-refractivity contribution in [2.75, 3.05) is 33.3 Å². The Hall–Kier alpha value is -1.26. The van der Waals surface area contributed by atoms with E-state index in [0.717, 1.165) is 38.9 Å². The molecule has 0 amide bonds. The van der Waals surface area contributed by atoms with E-state index in [0.29, 0.717) is 6.54 Å². The summed E-state index contributed by atoms with van der Waals surface area (Å²) in [6.07, 6.45) is 2.62. The Morgan fingerprint density at radius 2 is 2.25 bits per heavy atom. The van der Waals surface area contributed by atoms with Crippen molar-refractivity contribution in [3.63, 3.8) is 0 Å². The summed E-state index contributed by atoms with van der Waals surface area (Å²) in [7, 11) is 1.44. The molecule has 1 rings (SSSR count). The normalized spacial score (nSPS) is 17.8. The molecule has 0 N–H and O–H groups in total. The largest absolute Gasteiger partial charge is 0.469 e. The van der Waals surface area contributed by atoms with Gasteiger partial charge in [0.2, 0.25) is 0 Å². The van der Waals surface area contributed by atoms with Crippen LogP contribution < -0.4 is 0 Å². The highest BCUT2D eigenvalue weighted by molar-refractivity contribution is 5.72. The molecule has 0 aromatic rings. The Morgan fingerprint density at radius 3 is 2.81 bits per heavy atom. The molecule has 0 aliphatic carbocycles. The van der Waals surface area contributed by atoms with Crippen LogP contribution in [0.1, 0.15) is 19.3 Å². The number of rotatable bonds is 5. The van der Waals surface area contributed by atoms with Crippen LogP contribution >= 0.6 is 0 Å². The molecule has 0 bridgehead atoms. The molecule has 1 fully saturated rings. The first kappa shape index (κ1) is 12.8. The minimum atomic E-state index is -0.0891. The summed E-state index contributed by atoms with van der Waals surface area (Å²) < 4.78 is 4.73. The lowest BCUT2D eigenvalue weighted by Gasteiger charge is -2.30. The van der Waals surface area contributed by atoms with E-state index < -0.39 is 0 Å². The van der Waals surface area contributed by atoms with Crippen LogP contribution in [0.2, 0.25) is 0 Å². The third kappa shape index (κ3) is 4.08. The first-order valence-corrected chi connectivity index (χ1v) is 5.59. The summed E-state index contributed by atoms with van der Waals surface area (Å²) in [6, 6.07) is 0. The molecule has 0 saturated carbocycles. The van der Waals surface area contributed by atoms with Gasteiger partial charge in [-0.05, 0) is 44.4 Å². The highest BCUT2D eigenvalue weighted by Gasteiger charge is 2.24. The number of hydrogen-bond acceptors (Lipinski definition) is 4. The topological polar surface area (TPSA) is 78.3 Å². The van der Waals surface area contributed by atoms with Gasteiger partial charge in [-0.1, -0.05) is 5.11 Å². The first-order chi connectivity index (χ1) is 7.77. The molecule has 1 saturated heterocycles. The fraction of sp³-hybridized carbons (Fsp3) is 0.900. The van der Waals surface area contributed by atoms with Crippen LogP contribution in [0.4, 0.5) is 0 Å². The highest BCUT2D eigenvalue weighted by Crippen LogP contribution is 2.18. The summed E-state index contributed by atoms with van der Waals surface area (Å²) in [5.41, 5.74) is 8.12. The Balaban J connectivity index is 2.16. The van der Waals surface area contributed by atoms with Crippen LogP contribution in [0.3, 0.4) is 0 Å². The van der Waals surface area contributed by atoms with E-state index in [-0.39, 0.29) is 11.9 Å². The van der Waals surface area contributed by atoms with E-state index in [1.165, 1.54) is 7.11 Å². The van der Waals surface area contributed by atoms with Gasteiger partial charge in [0.05, 0.1) is 13.0 Å². The predicted molar refractivity (Wildman–Crippen MR) is 59.8 cm³/mol. The van der Waals surface area contributed by atoms with Crippen molar-refractivity contribution in [2.45, 2.75) is 19.3 Å². The average Bonchev–Trinajstić information content (AvgIpc) is 2.34. The number of piperidine rings is 1. The first-order valence-electron chi connectivity index (χ1n) is 5.59. The van der Waals surface area contributed by atoms with Gasteiger partial charge in [-0.2, -0.15) is 0 Å². The number of likely N-dealkylation sites (tertiary alicyclic amines) is 1. The number of esters is 1. The average molecular weight is 226 g/mol. The van der Waals surface area contributed by atoms with E-state index in [2.05, 4.69) is 14.9 Å². The van der Waals surface area contributed by atoms with E-state index in [1.54, 1.807) is 0 Å². The van der Waals surface area contributed by atoms with Gasteiger partial charge in [0.15, 0.2) is 0 Å². The molecule has 1 aliphatic heterocycles. The Labute approximate surface area is 95.2 Å². The fourth-order valence-electron chi connectivity index (χ4n) is 1.97. The zero-order chi connectivity index (χ0) is 11.8. The monoisotopic (exact) mass is 226 g/mol. The lowest BCUT2D eigenvalue weighted by molar-refractivity contribution is -0.147. The van der Waals surface area contributed by atoms with Crippen LogP contribution in [0.5, 0.6) is 0 Å². The Bertz CT molecular complexity index is 268. The van der Waals surface area contributed by atoms with Crippen LogP contribution in [0.15, 0.2) is 5.11 Å². The maximum absolute atomic E-state index is 11.3. The van der Waals surface area contributed by atoms with Crippen LogP contribution in [0, 0.1) is 5.92 Å². The number of azide groups is 1. The maximum Gasteiger partial charge on any atom is 0.308 e. The van der Waals surface area contributed by atoms with Crippen molar-refractivity contribution >= 4 is 5.97 Å². The molecule has 0 aromatic heterocycles. The summed E-state index contributed by atoms with van der Waals surface area (Å²) in [4.78, 5) is 16.3. The van der Waals surface area contributed by atoms with Crippen LogP contribution in [0.25, 0.3) is 10.4 Å². The Kier molecular flexibility index (Phi) is 5.67. The van der Waals surface area contributed by atoms with E-state index in [1.807, 2.05) is 0 Å². The van der Waals surface area contributed by atoms with Gasteiger partial charge in [0.25, 0.3) is 0 Å². The van der Waals surface area contributed by atoms with Gasteiger partial charge in [0.1, 0.15) is 0 Å². The molecule has 6 heteroatoms. The van der Waals surface area contributed by atoms with Crippen molar-refractivity contribution in [3.05, 3.63) is 10.4 Å². The zero-order valence-electron chi connectivity index (χ0n) is 9.63. The number of ether oxygens (including phenoxy) is 1. The van der Waals surface area contributed by atoms with Gasteiger partial charge in [-0.3, -0.25) is 4.79 Å². The van der Waals surface area contributed by atoms with E-state index in [4.69, 9.17) is 10.3 Å². The second-order valence-electron chi connectivity index (χ2n) is 3.95. The summed E-state index contributed by atoms with van der Waals surface area (Å²) in [5.74, 6) is -0.0212. The number of nitrogens with zero attached hydrogens (tertiary/aromatic N) is 4. The van der Waals surface area contributed by atoms with Crippen LogP contribution in [-0.4, -0.2) is 44.2 Å². The van der Waals surface area contributed by atoms with Crippen molar-refractivity contribution in [1.29, 1.82) is 0 Å². The number of carbonyl (C=O) groups excluding carboxylic acids is 1. The highest BCUT2D eigenvalue weighted by atomic mass is 16.5. The second-order valence-corrected chi connectivity index (χ2v) is 3.95. The number of hydrogen-bond donors (Lipinski definition) is 0. The maximum atomic E-state index is 11.3. The van der Waals surface area contributed by atoms with Crippen molar-refractivity contribution < 1.29 is 9.53 Å². The van der Waals surface area contributed by atoms with Gasteiger partial charge in [-0.25, -0.2) is 0 Å². The molecule has 16 heavy (non-hydrogen) atoms. The van der Waals surface area contributed by atoms with Crippen molar-refractivity contribution in [1.82, 2.24) is 4.90 Å². The minimum Gasteiger partial charge on any atom is -0.469 e. The second kappa shape index (κ2) is 7.09. The van der Waals surface area contributed by atoms with Crippen molar-refractivity contribution in [2.24, 2.45) is 11.0 Å². The standard InChI is InChI=1S/C10H18N4O2/c1-16-10(15)9-3-7-14(8-4-9)6-2-5-12-13-11/h9H,2-8H2,1H3. The smallest absolute Gasteiger partial charge is 0.308 e. The Morgan fingerprint density at radius 1 is 1.56 bits per heavy atom. The summed E-state index contributed by atoms with van der Waals surface area (Å²) in [6.45, 7) is 3.34. The van der Waals surface area contributed by atoms with E-state index >= 15 is 0 Å². The predicted octanol–water partition coefficient (Wildman–Crippen LogP) is 1.57. The van der Waals surface area contributed by atoms with Gasteiger partial charge in [0, 0.05) is 11.5 Å². The fourth-order valence-corrected chi connectivity index (χ4v) is 1.97. The molecule has 0 unspecified atom stereocenters. The molecule has 6 nitrogen and oxygen atoms in total. The summed E-state index contributed by atoms with van der Waals surface area (Å²) >= 11 is 0. The molecule has 0 atom stereocenters. The molecular weight excluding hydrogens is 208 g/mol. The third-order valence-corrected chi connectivity index (χ3v) is 2.92. The molecule has 0 aromatic carbocycles. The number of methoxy groups -OCH3 is 1. The zero-order valence-corrected chi connectivity index (χ0v) is 9.63. The van der Waals surface area contributed by atoms with Gasteiger partial charge < -0.3 is 9.64 Å². The molecule has 0 spiro atoms.